The molecule has 8 nitrogen and oxygen atoms in total. The Bertz CT molecular complexity index is 585. The monoisotopic (exact) mass is 345 g/mol. The average molecular weight is 346 g/mol. The topological polar surface area (TPSA) is 144 Å². The van der Waals surface area contributed by atoms with E-state index >= 15 is 0 Å². The lowest BCUT2D eigenvalue weighted by Crippen LogP contribution is -2.57. The van der Waals surface area contributed by atoms with Gasteiger partial charge in [-0.1, -0.05) is 11.6 Å². The van der Waals surface area contributed by atoms with Crippen LogP contribution in [0.1, 0.15) is 9.67 Å². The first-order valence-electron chi connectivity index (χ1n) is 5.11. The number of halogens is 1. The molecule has 0 aliphatic carbocycles. The largest absolute Gasteiger partial charge is 0.394 e. The molecule has 0 aromatic carbocycles. The van der Waals surface area contributed by atoms with Crippen LogP contribution >= 0.6 is 22.9 Å². The van der Waals surface area contributed by atoms with Crippen molar-refractivity contribution in [2.75, 3.05) is 19.8 Å². The fraction of sp³-hybridized carbons (Fsp3) is 0.444. The normalized spacial score (nSPS) is 12.4. The fourth-order valence-corrected chi connectivity index (χ4v) is 3.45. The summed E-state index contributed by atoms with van der Waals surface area (Å²) in [6, 6.07) is 0.898. The molecule has 1 aromatic rings. The Morgan fingerprint density at radius 3 is 2.20 bits per heavy atom. The van der Waals surface area contributed by atoms with E-state index in [-0.39, 0.29) is 4.34 Å². The molecule has 1 aromatic heterocycles. The Balaban J connectivity index is 3.17. The van der Waals surface area contributed by atoms with Crippen molar-refractivity contribution in [3.63, 3.8) is 0 Å². The molecular weight excluding hydrogens is 334 g/mol. The van der Waals surface area contributed by atoms with Crippen LogP contribution in [0.25, 0.3) is 0 Å². The summed E-state index contributed by atoms with van der Waals surface area (Å²) in [5.74, 6) is -1.01. The number of aliphatic hydroxyl groups excluding tert-OH is 3. The van der Waals surface area contributed by atoms with E-state index in [4.69, 9.17) is 31.5 Å². The first kappa shape index (κ1) is 17.3. The highest BCUT2D eigenvalue weighted by atomic mass is 35.5. The summed E-state index contributed by atoms with van der Waals surface area (Å²) in [6.07, 6.45) is 0. The van der Waals surface area contributed by atoms with Crippen molar-refractivity contribution in [1.82, 2.24) is 5.32 Å². The Labute approximate surface area is 123 Å². The van der Waals surface area contributed by atoms with Gasteiger partial charge in [0.05, 0.1) is 24.2 Å². The molecule has 5 N–H and O–H groups in total. The van der Waals surface area contributed by atoms with Gasteiger partial charge in [0.1, 0.15) is 15.3 Å². The molecule has 0 bridgehead atoms. The summed E-state index contributed by atoms with van der Waals surface area (Å²) in [5.41, 5.74) is -1.72. The van der Waals surface area contributed by atoms with Crippen molar-refractivity contribution in [2.24, 2.45) is 0 Å². The number of carbonyl (C=O) groups is 1. The number of hydrogen-bond acceptors (Lipinski definition) is 7. The van der Waals surface area contributed by atoms with Crippen LogP contribution in [-0.4, -0.2) is 59.6 Å². The summed E-state index contributed by atoms with van der Waals surface area (Å²) >= 11 is 6.19. The van der Waals surface area contributed by atoms with Gasteiger partial charge in [0.2, 0.25) is 0 Å². The molecule has 1 heterocycles. The summed E-state index contributed by atoms with van der Waals surface area (Å²) in [6.45, 7) is -2.32. The molecule has 11 heteroatoms. The van der Waals surface area contributed by atoms with Crippen LogP contribution in [-0.2, 0) is 10.1 Å². The van der Waals surface area contributed by atoms with Gasteiger partial charge >= 0.3 is 0 Å². The predicted octanol–water partition coefficient (Wildman–Crippen LogP) is -0.906. The van der Waals surface area contributed by atoms with Gasteiger partial charge < -0.3 is 20.6 Å². The third-order valence-corrected chi connectivity index (χ3v) is 4.71. The van der Waals surface area contributed by atoms with Gasteiger partial charge in [-0.25, -0.2) is 0 Å². The maximum Gasteiger partial charge on any atom is 0.296 e. The third kappa shape index (κ3) is 3.67. The lowest BCUT2D eigenvalue weighted by atomic mass is 10.0. The van der Waals surface area contributed by atoms with Crippen molar-refractivity contribution < 1.29 is 33.1 Å². The molecule has 0 atom stereocenters. The molecule has 0 saturated carbocycles. The van der Waals surface area contributed by atoms with E-state index in [1.54, 1.807) is 0 Å². The van der Waals surface area contributed by atoms with E-state index in [1.165, 1.54) is 0 Å². The van der Waals surface area contributed by atoms with Crippen LogP contribution in [0.2, 0.25) is 4.34 Å². The van der Waals surface area contributed by atoms with Gasteiger partial charge in [0, 0.05) is 0 Å². The van der Waals surface area contributed by atoms with E-state index < -0.39 is 51.2 Å². The lowest BCUT2D eigenvalue weighted by molar-refractivity contribution is 0.0376. The second-order valence-corrected chi connectivity index (χ2v) is 7.00. The van der Waals surface area contributed by atoms with Gasteiger partial charge in [0.15, 0.2) is 0 Å². The van der Waals surface area contributed by atoms with Crippen molar-refractivity contribution in [3.05, 3.63) is 15.3 Å². The van der Waals surface area contributed by atoms with E-state index in [9.17, 15) is 13.2 Å². The van der Waals surface area contributed by atoms with Gasteiger partial charge in [-0.3, -0.25) is 9.35 Å². The summed E-state index contributed by atoms with van der Waals surface area (Å²) < 4.78 is 31.2. The molecular formula is C9H12ClNO7S2. The highest BCUT2D eigenvalue weighted by molar-refractivity contribution is 7.86. The van der Waals surface area contributed by atoms with Crippen LogP contribution in [0.4, 0.5) is 0 Å². The molecule has 1 amide bonds. The lowest BCUT2D eigenvalue weighted by Gasteiger charge is -2.28. The first-order chi connectivity index (χ1) is 9.19. The van der Waals surface area contributed by atoms with Crippen LogP contribution < -0.4 is 5.32 Å². The van der Waals surface area contributed by atoms with E-state index in [2.05, 4.69) is 5.32 Å². The minimum atomic E-state index is -4.66. The van der Waals surface area contributed by atoms with Crippen LogP contribution in [0.3, 0.4) is 0 Å². The molecule has 0 saturated heterocycles. The molecule has 0 fully saturated rings. The summed E-state index contributed by atoms with van der Waals surface area (Å²) in [5, 5.41) is 29.4. The number of amides is 1. The third-order valence-electron chi connectivity index (χ3n) is 2.44. The highest BCUT2D eigenvalue weighted by Gasteiger charge is 2.33. The molecule has 20 heavy (non-hydrogen) atoms. The minimum Gasteiger partial charge on any atom is -0.394 e. The van der Waals surface area contributed by atoms with Crippen molar-refractivity contribution >= 4 is 39.0 Å². The zero-order chi connectivity index (χ0) is 15.6. The summed E-state index contributed by atoms with van der Waals surface area (Å²) in [7, 11) is -4.66. The molecule has 0 aliphatic rings. The van der Waals surface area contributed by atoms with Gasteiger partial charge in [-0.15, -0.1) is 11.3 Å². The van der Waals surface area contributed by atoms with Gasteiger partial charge in [0.25, 0.3) is 16.0 Å². The zero-order valence-electron chi connectivity index (χ0n) is 9.91. The van der Waals surface area contributed by atoms with E-state index in [1.807, 2.05) is 0 Å². The van der Waals surface area contributed by atoms with Crippen molar-refractivity contribution in [1.29, 1.82) is 0 Å². The predicted molar refractivity (Wildman–Crippen MR) is 70.6 cm³/mol. The number of carbonyl (C=O) groups excluding carboxylic acids is 1. The maximum absolute atomic E-state index is 11.9. The smallest absolute Gasteiger partial charge is 0.296 e. The van der Waals surface area contributed by atoms with Crippen LogP contribution in [0, 0.1) is 0 Å². The second-order valence-electron chi connectivity index (χ2n) is 3.93. The number of hydrogen-bond donors (Lipinski definition) is 5. The number of rotatable bonds is 6. The second kappa shape index (κ2) is 6.35. The number of thiophene rings is 1. The van der Waals surface area contributed by atoms with E-state index in [0.29, 0.717) is 11.3 Å². The molecule has 1 rings (SSSR count). The van der Waals surface area contributed by atoms with Gasteiger partial charge in [-0.2, -0.15) is 8.42 Å². The van der Waals surface area contributed by atoms with E-state index in [0.717, 1.165) is 6.07 Å². The SMILES string of the molecule is O=C(NC(CO)(CO)CO)c1sc(Cl)cc1S(=O)(=O)O. The molecule has 0 radical (unpaired) electrons. The maximum atomic E-state index is 11.9. The molecule has 114 valence electrons. The molecule has 0 spiro atoms. The molecule has 0 aliphatic heterocycles. The average Bonchev–Trinajstić information content (AvgIpc) is 2.78. The standard InChI is InChI=1S/C9H12ClNO7S2/c10-6-1-5(20(16,17)18)7(19-6)8(15)11-9(2-12,3-13)4-14/h1,12-14H,2-4H2,(H,11,15)(H,16,17,18). The van der Waals surface area contributed by atoms with Crippen molar-refractivity contribution in [3.8, 4) is 0 Å². The number of aliphatic hydroxyl groups is 3. The van der Waals surface area contributed by atoms with Crippen LogP contribution in [0.15, 0.2) is 11.0 Å². The van der Waals surface area contributed by atoms with Crippen LogP contribution in [0.5, 0.6) is 0 Å². The van der Waals surface area contributed by atoms with Crippen molar-refractivity contribution in [2.45, 2.75) is 10.4 Å². The first-order valence-corrected chi connectivity index (χ1v) is 7.74. The summed E-state index contributed by atoms with van der Waals surface area (Å²) in [4.78, 5) is 10.8. The number of nitrogens with one attached hydrogen (secondary N) is 1. The Kier molecular flexibility index (Phi) is 5.49. The van der Waals surface area contributed by atoms with Gasteiger partial charge in [-0.05, 0) is 6.07 Å². The Morgan fingerprint density at radius 2 is 1.80 bits per heavy atom. The minimum absolute atomic E-state index is 0.0506. The Hall–Kier alpha value is -0.750. The Morgan fingerprint density at radius 1 is 1.30 bits per heavy atom. The highest BCUT2D eigenvalue weighted by Crippen LogP contribution is 2.30. The fourth-order valence-electron chi connectivity index (χ4n) is 1.26. The molecule has 0 unspecified atom stereocenters. The quantitative estimate of drug-likeness (QED) is 0.420. The zero-order valence-corrected chi connectivity index (χ0v) is 12.3.